The lowest BCUT2D eigenvalue weighted by Gasteiger charge is -2.23. The average molecular weight is 414 g/mol. The molecule has 1 heterocycles. The van der Waals surface area contributed by atoms with Gasteiger partial charge in [-0.3, -0.25) is 9.59 Å². The van der Waals surface area contributed by atoms with Gasteiger partial charge >= 0.3 is 0 Å². The first-order chi connectivity index (χ1) is 12.5. The van der Waals surface area contributed by atoms with E-state index in [1.165, 1.54) is 23.1 Å². The summed E-state index contributed by atoms with van der Waals surface area (Å²) in [5.74, 6) is -0.416. The summed E-state index contributed by atoms with van der Waals surface area (Å²) in [6, 6.07) is 5.81. The van der Waals surface area contributed by atoms with Crippen LogP contribution in [0, 0.1) is 0 Å². The largest absolute Gasteiger partial charge is 0.342 e. The molecule has 9 heteroatoms. The third kappa shape index (κ3) is 6.28. The predicted octanol–water partition coefficient (Wildman–Crippen LogP) is 1.10. The van der Waals surface area contributed by atoms with Crippen molar-refractivity contribution >= 4 is 37.4 Å². The second-order valence-corrected chi connectivity index (χ2v) is 10.9. The Morgan fingerprint density at radius 1 is 1.19 bits per heavy atom. The van der Waals surface area contributed by atoms with Crippen LogP contribution in [0.15, 0.2) is 35.2 Å². The number of allylic oxidation sites excluding steroid dienone is 1. The first-order valence-electron chi connectivity index (χ1n) is 8.45. The fraction of sp³-hybridized carbons (Fsp3) is 0.444. The van der Waals surface area contributed by atoms with E-state index in [0.717, 1.165) is 6.26 Å². The molecule has 0 aromatic heterocycles. The molecule has 1 aliphatic rings. The van der Waals surface area contributed by atoms with Crippen molar-refractivity contribution in [2.75, 3.05) is 24.8 Å². The number of nitrogens with zero attached hydrogens (tertiary/aromatic N) is 1. The van der Waals surface area contributed by atoms with Crippen molar-refractivity contribution in [1.82, 2.24) is 4.90 Å². The molecule has 1 unspecified atom stereocenters. The summed E-state index contributed by atoms with van der Waals surface area (Å²) in [5, 5.41) is 0. The first kappa shape index (κ1) is 21.3. The SMILES string of the molecule is CN(C(=O)CCC(=O)/C=C/c1ccc(S(C)(=O)=O)cc1)C1CCS(=O)(=O)C1. The van der Waals surface area contributed by atoms with Crippen LogP contribution >= 0.6 is 0 Å². The summed E-state index contributed by atoms with van der Waals surface area (Å²) in [6.45, 7) is 0. The third-order valence-electron chi connectivity index (χ3n) is 4.50. The predicted molar refractivity (Wildman–Crippen MR) is 103 cm³/mol. The van der Waals surface area contributed by atoms with Crippen molar-refractivity contribution < 1.29 is 26.4 Å². The third-order valence-corrected chi connectivity index (χ3v) is 7.38. The number of carbonyl (C=O) groups excluding carboxylic acids is 2. The van der Waals surface area contributed by atoms with Gasteiger partial charge in [0.25, 0.3) is 0 Å². The zero-order chi connectivity index (χ0) is 20.2. The molecule has 0 radical (unpaired) electrons. The number of rotatable bonds is 7. The minimum atomic E-state index is -3.26. The standard InChI is InChI=1S/C18H23NO6S2/c1-19(15-11-12-27(24,25)13-15)18(21)10-7-16(20)6-3-14-4-8-17(9-5-14)26(2,22)23/h3-6,8-9,15H,7,10-13H2,1-2H3/b6-3+. The molecule has 2 rings (SSSR count). The van der Waals surface area contributed by atoms with Gasteiger partial charge in [0.2, 0.25) is 5.91 Å². The Kier molecular flexibility index (Phi) is 6.59. The Bertz CT molecular complexity index is 946. The maximum atomic E-state index is 12.1. The number of ketones is 1. The quantitative estimate of drug-likeness (QED) is 0.620. The molecule has 1 aromatic rings. The molecule has 1 saturated heterocycles. The van der Waals surface area contributed by atoms with Gasteiger partial charge in [-0.1, -0.05) is 18.2 Å². The van der Waals surface area contributed by atoms with Crippen LogP contribution in [0.5, 0.6) is 0 Å². The number of benzene rings is 1. The van der Waals surface area contributed by atoms with Gasteiger partial charge in [-0.15, -0.1) is 0 Å². The molecule has 27 heavy (non-hydrogen) atoms. The van der Waals surface area contributed by atoms with E-state index in [4.69, 9.17) is 0 Å². The zero-order valence-electron chi connectivity index (χ0n) is 15.3. The topological polar surface area (TPSA) is 106 Å². The summed E-state index contributed by atoms with van der Waals surface area (Å²) in [7, 11) is -4.76. The monoisotopic (exact) mass is 413 g/mol. The molecule has 7 nitrogen and oxygen atoms in total. The number of hydrogen-bond donors (Lipinski definition) is 0. The van der Waals surface area contributed by atoms with Crippen LogP contribution in [-0.2, 0) is 29.3 Å². The van der Waals surface area contributed by atoms with E-state index in [2.05, 4.69) is 0 Å². The maximum absolute atomic E-state index is 12.1. The van der Waals surface area contributed by atoms with Gasteiger partial charge in [-0.25, -0.2) is 16.8 Å². The Morgan fingerprint density at radius 2 is 1.81 bits per heavy atom. The van der Waals surface area contributed by atoms with Crippen molar-refractivity contribution in [2.45, 2.75) is 30.2 Å². The van der Waals surface area contributed by atoms with Crippen LogP contribution in [-0.4, -0.2) is 64.3 Å². The van der Waals surface area contributed by atoms with E-state index in [9.17, 15) is 26.4 Å². The fourth-order valence-electron chi connectivity index (χ4n) is 2.79. The van der Waals surface area contributed by atoms with Gasteiger partial charge in [0.1, 0.15) is 0 Å². The molecule has 0 bridgehead atoms. The molecular weight excluding hydrogens is 390 g/mol. The summed E-state index contributed by atoms with van der Waals surface area (Å²) >= 11 is 0. The van der Waals surface area contributed by atoms with Crippen molar-refractivity contribution in [2.24, 2.45) is 0 Å². The summed E-state index contributed by atoms with van der Waals surface area (Å²) in [5.41, 5.74) is 0.676. The van der Waals surface area contributed by atoms with Crippen molar-refractivity contribution in [3.05, 3.63) is 35.9 Å². The van der Waals surface area contributed by atoms with Crippen LogP contribution < -0.4 is 0 Å². The van der Waals surface area contributed by atoms with Crippen LogP contribution in [0.3, 0.4) is 0 Å². The molecule has 0 spiro atoms. The van der Waals surface area contributed by atoms with Crippen molar-refractivity contribution in [1.29, 1.82) is 0 Å². The van der Waals surface area contributed by atoms with Gasteiger partial charge in [0.05, 0.1) is 16.4 Å². The van der Waals surface area contributed by atoms with E-state index in [1.807, 2.05) is 0 Å². The highest BCUT2D eigenvalue weighted by molar-refractivity contribution is 7.91. The number of hydrogen-bond acceptors (Lipinski definition) is 6. The zero-order valence-corrected chi connectivity index (χ0v) is 16.9. The summed E-state index contributed by atoms with van der Waals surface area (Å²) in [6.07, 6.45) is 4.51. The van der Waals surface area contributed by atoms with Gasteiger partial charge < -0.3 is 4.90 Å². The number of carbonyl (C=O) groups is 2. The Labute approximate surface area is 159 Å². The molecule has 1 fully saturated rings. The minimum Gasteiger partial charge on any atom is -0.342 e. The lowest BCUT2D eigenvalue weighted by molar-refractivity contribution is -0.133. The van der Waals surface area contributed by atoms with E-state index in [0.29, 0.717) is 12.0 Å². The van der Waals surface area contributed by atoms with Crippen molar-refractivity contribution in [3.8, 4) is 0 Å². The maximum Gasteiger partial charge on any atom is 0.223 e. The molecule has 1 aliphatic heterocycles. The van der Waals surface area contributed by atoms with Gasteiger partial charge in [-0.05, 0) is 30.2 Å². The van der Waals surface area contributed by atoms with Crippen LogP contribution in [0.2, 0.25) is 0 Å². The van der Waals surface area contributed by atoms with E-state index in [1.54, 1.807) is 25.3 Å². The van der Waals surface area contributed by atoms with E-state index < -0.39 is 19.7 Å². The Balaban J connectivity index is 1.85. The number of amides is 1. The average Bonchev–Trinajstić information content (AvgIpc) is 2.96. The highest BCUT2D eigenvalue weighted by Gasteiger charge is 2.32. The van der Waals surface area contributed by atoms with Crippen LogP contribution in [0.1, 0.15) is 24.8 Å². The number of sulfone groups is 2. The highest BCUT2D eigenvalue weighted by Crippen LogP contribution is 2.17. The molecule has 0 aliphatic carbocycles. The summed E-state index contributed by atoms with van der Waals surface area (Å²) in [4.78, 5) is 25.7. The van der Waals surface area contributed by atoms with Crippen molar-refractivity contribution in [3.63, 3.8) is 0 Å². The second kappa shape index (κ2) is 8.35. The molecular formula is C18H23NO6S2. The van der Waals surface area contributed by atoms with E-state index in [-0.39, 0.29) is 47.0 Å². The lowest BCUT2D eigenvalue weighted by Crippen LogP contribution is -2.37. The van der Waals surface area contributed by atoms with Crippen LogP contribution in [0.25, 0.3) is 6.08 Å². The second-order valence-electron chi connectivity index (χ2n) is 6.70. The lowest BCUT2D eigenvalue weighted by atomic mass is 10.1. The summed E-state index contributed by atoms with van der Waals surface area (Å²) < 4.78 is 45.8. The molecule has 0 N–H and O–H groups in total. The Morgan fingerprint density at radius 3 is 2.33 bits per heavy atom. The molecule has 1 atom stereocenters. The van der Waals surface area contributed by atoms with Gasteiger partial charge in [0, 0.05) is 32.2 Å². The smallest absolute Gasteiger partial charge is 0.223 e. The minimum absolute atomic E-state index is 0.0171. The van der Waals surface area contributed by atoms with Gasteiger partial charge in [0.15, 0.2) is 25.5 Å². The Hall–Kier alpha value is -2.00. The molecule has 0 saturated carbocycles. The van der Waals surface area contributed by atoms with E-state index >= 15 is 0 Å². The molecule has 1 aromatic carbocycles. The highest BCUT2D eigenvalue weighted by atomic mass is 32.2. The fourth-order valence-corrected chi connectivity index (χ4v) is 5.19. The van der Waals surface area contributed by atoms with Gasteiger partial charge in [-0.2, -0.15) is 0 Å². The van der Waals surface area contributed by atoms with Crippen LogP contribution in [0.4, 0.5) is 0 Å². The first-order valence-corrected chi connectivity index (χ1v) is 12.2. The molecule has 1 amide bonds. The molecule has 148 valence electrons. The normalized spacial score (nSPS) is 19.3.